The average molecular weight is 352 g/mol. The molecule has 3 heterocycles. The van der Waals surface area contributed by atoms with Crippen LogP contribution in [-0.2, 0) is 11.3 Å². The number of fused-ring (bicyclic) bond motifs is 2. The molecular weight excluding hydrogens is 340 g/mol. The molecule has 9 nitrogen and oxygen atoms in total. The molecule has 0 amide bonds. The fourth-order valence-corrected chi connectivity index (χ4v) is 2.54. The molecule has 0 saturated heterocycles. The van der Waals surface area contributed by atoms with Crippen molar-refractivity contribution in [1.82, 2.24) is 19.6 Å². The van der Waals surface area contributed by atoms with Crippen LogP contribution in [0.15, 0.2) is 45.7 Å². The molecule has 1 N–H and O–H groups in total. The zero-order valence-electron chi connectivity index (χ0n) is 13.5. The highest BCUT2D eigenvalue weighted by molar-refractivity contribution is 5.86. The van der Waals surface area contributed by atoms with E-state index in [0.29, 0.717) is 16.7 Å². The summed E-state index contributed by atoms with van der Waals surface area (Å²) in [7, 11) is 0. The van der Waals surface area contributed by atoms with Gasteiger partial charge in [0.1, 0.15) is 17.9 Å². The van der Waals surface area contributed by atoms with E-state index in [2.05, 4.69) is 15.1 Å². The second-order valence-electron chi connectivity index (χ2n) is 5.58. The number of aryl methyl sites for hydroxylation is 1. The molecule has 0 aliphatic carbocycles. The molecule has 0 fully saturated rings. The first-order valence-electron chi connectivity index (χ1n) is 7.62. The third-order valence-corrected chi connectivity index (χ3v) is 3.79. The summed E-state index contributed by atoms with van der Waals surface area (Å²) in [5.41, 5.74) is 0.810. The summed E-state index contributed by atoms with van der Waals surface area (Å²) in [6, 6.07) is 7.32. The summed E-state index contributed by atoms with van der Waals surface area (Å²) in [5.74, 6) is -0.614. The Morgan fingerprint density at radius 1 is 1.31 bits per heavy atom. The number of esters is 1. The number of hydrogen-bond acceptors (Lipinski definition) is 8. The van der Waals surface area contributed by atoms with Crippen molar-refractivity contribution in [3.63, 3.8) is 0 Å². The second-order valence-corrected chi connectivity index (χ2v) is 5.58. The van der Waals surface area contributed by atoms with Crippen molar-refractivity contribution < 1.29 is 19.1 Å². The van der Waals surface area contributed by atoms with Gasteiger partial charge in [0.2, 0.25) is 0 Å². The zero-order chi connectivity index (χ0) is 18.3. The lowest BCUT2D eigenvalue weighted by Gasteiger charge is -2.06. The lowest BCUT2D eigenvalue weighted by Crippen LogP contribution is -2.09. The van der Waals surface area contributed by atoms with E-state index in [1.807, 2.05) is 6.92 Å². The summed E-state index contributed by atoms with van der Waals surface area (Å²) >= 11 is 0. The number of nitrogens with zero attached hydrogens (tertiary/aromatic N) is 4. The molecule has 130 valence electrons. The molecule has 0 atom stereocenters. The number of rotatable bonds is 3. The minimum absolute atomic E-state index is 0.0356. The first-order chi connectivity index (χ1) is 12.5. The smallest absolute Gasteiger partial charge is 0.378 e. The van der Waals surface area contributed by atoms with Crippen molar-refractivity contribution in [2.75, 3.05) is 0 Å². The molecule has 0 saturated carbocycles. The maximum absolute atomic E-state index is 12.2. The van der Waals surface area contributed by atoms with E-state index in [4.69, 9.17) is 9.15 Å². The van der Waals surface area contributed by atoms with Crippen molar-refractivity contribution in [3.8, 4) is 5.75 Å². The van der Waals surface area contributed by atoms with Crippen molar-refractivity contribution in [1.29, 1.82) is 0 Å². The first kappa shape index (κ1) is 15.8. The highest BCUT2D eigenvalue weighted by Crippen LogP contribution is 2.22. The summed E-state index contributed by atoms with van der Waals surface area (Å²) < 4.78 is 11.7. The summed E-state index contributed by atoms with van der Waals surface area (Å²) in [4.78, 5) is 32.0. The number of phenols is 1. The van der Waals surface area contributed by atoms with Crippen molar-refractivity contribution in [2.24, 2.45) is 0 Å². The van der Waals surface area contributed by atoms with Crippen LogP contribution in [0.5, 0.6) is 5.75 Å². The minimum atomic E-state index is -0.741. The van der Waals surface area contributed by atoms with Crippen LogP contribution in [0.1, 0.15) is 21.9 Å². The average Bonchev–Trinajstić information content (AvgIpc) is 3.04. The highest BCUT2D eigenvalue weighted by atomic mass is 16.5. The molecule has 26 heavy (non-hydrogen) atoms. The van der Waals surface area contributed by atoms with E-state index < -0.39 is 11.6 Å². The predicted octanol–water partition coefficient (Wildman–Crippen LogP) is 1.60. The van der Waals surface area contributed by atoms with Gasteiger partial charge in [-0.15, -0.1) is 5.10 Å². The highest BCUT2D eigenvalue weighted by Gasteiger charge is 2.17. The Balaban J connectivity index is 1.62. The Morgan fingerprint density at radius 3 is 2.96 bits per heavy atom. The van der Waals surface area contributed by atoms with E-state index >= 15 is 0 Å². The minimum Gasteiger partial charge on any atom is -0.508 e. The molecule has 3 aromatic heterocycles. The van der Waals surface area contributed by atoms with Crippen LogP contribution in [0.4, 0.5) is 0 Å². The van der Waals surface area contributed by atoms with Gasteiger partial charge in [-0.2, -0.15) is 4.98 Å². The van der Waals surface area contributed by atoms with Crippen LogP contribution in [0.3, 0.4) is 0 Å². The van der Waals surface area contributed by atoms with Gasteiger partial charge in [0.05, 0.1) is 0 Å². The monoisotopic (exact) mass is 352 g/mol. The molecule has 0 aliphatic rings. The molecule has 0 aliphatic heterocycles. The van der Waals surface area contributed by atoms with Crippen molar-refractivity contribution in [3.05, 3.63) is 64.0 Å². The standard InChI is InChI=1S/C17H12N4O5/c1-9-4-5-18-17-19-15(20-21(9)17)16(24)25-8-10-6-14(23)26-13-7-11(22)2-3-12(10)13/h2-7,22H,8H2,1H3. The normalized spacial score (nSPS) is 11.1. The van der Waals surface area contributed by atoms with Crippen molar-refractivity contribution in [2.45, 2.75) is 13.5 Å². The molecule has 0 radical (unpaired) electrons. The Bertz CT molecular complexity index is 1210. The van der Waals surface area contributed by atoms with E-state index in [-0.39, 0.29) is 23.8 Å². The van der Waals surface area contributed by atoms with Crippen LogP contribution in [0, 0.1) is 6.92 Å². The van der Waals surface area contributed by atoms with Gasteiger partial charge in [-0.05, 0) is 25.1 Å². The molecule has 0 spiro atoms. The molecule has 4 aromatic rings. The SMILES string of the molecule is Cc1ccnc2nc(C(=O)OCc3cc(=O)oc4cc(O)ccc34)nn12. The molecule has 4 rings (SSSR count). The topological polar surface area (TPSA) is 120 Å². The number of aromatic hydroxyl groups is 1. The van der Waals surface area contributed by atoms with Crippen LogP contribution in [0.2, 0.25) is 0 Å². The molecule has 1 aromatic carbocycles. The first-order valence-corrected chi connectivity index (χ1v) is 7.62. The molecule has 9 heteroatoms. The Hall–Kier alpha value is -3.75. The quantitative estimate of drug-likeness (QED) is 0.436. The van der Waals surface area contributed by atoms with Gasteiger partial charge in [-0.3, -0.25) is 0 Å². The number of benzene rings is 1. The van der Waals surface area contributed by atoms with Gasteiger partial charge in [0.25, 0.3) is 11.6 Å². The van der Waals surface area contributed by atoms with E-state index in [1.54, 1.807) is 18.3 Å². The van der Waals surface area contributed by atoms with Crippen LogP contribution >= 0.6 is 0 Å². The Morgan fingerprint density at radius 2 is 2.15 bits per heavy atom. The van der Waals surface area contributed by atoms with E-state index in [1.165, 1.54) is 22.7 Å². The van der Waals surface area contributed by atoms with E-state index in [9.17, 15) is 14.7 Å². The summed E-state index contributed by atoms with van der Waals surface area (Å²) in [6.07, 6.45) is 1.57. The maximum atomic E-state index is 12.2. The third kappa shape index (κ3) is 2.75. The summed E-state index contributed by atoms with van der Waals surface area (Å²) in [5, 5.41) is 14.1. The van der Waals surface area contributed by atoms with Gasteiger partial charge < -0.3 is 14.3 Å². The lowest BCUT2D eigenvalue weighted by atomic mass is 10.1. The number of hydrogen-bond donors (Lipinski definition) is 1. The van der Waals surface area contributed by atoms with Crippen LogP contribution in [0.25, 0.3) is 16.7 Å². The second kappa shape index (κ2) is 5.96. The van der Waals surface area contributed by atoms with Gasteiger partial charge in [-0.25, -0.2) is 19.1 Å². The fraction of sp³-hybridized carbons (Fsp3) is 0.118. The number of ether oxygens (including phenoxy) is 1. The molecule has 0 bridgehead atoms. The molecular formula is C17H12N4O5. The van der Waals surface area contributed by atoms with Crippen LogP contribution < -0.4 is 5.63 Å². The third-order valence-electron chi connectivity index (χ3n) is 3.79. The van der Waals surface area contributed by atoms with E-state index in [0.717, 1.165) is 5.69 Å². The van der Waals surface area contributed by atoms with Gasteiger partial charge >= 0.3 is 11.6 Å². The number of carbonyl (C=O) groups is 1. The van der Waals surface area contributed by atoms with Gasteiger partial charge in [-0.1, -0.05) is 0 Å². The summed E-state index contributed by atoms with van der Waals surface area (Å²) in [6.45, 7) is 1.64. The lowest BCUT2D eigenvalue weighted by molar-refractivity contribution is 0.0459. The Labute approximate surface area is 145 Å². The Kier molecular flexibility index (Phi) is 3.61. The fourth-order valence-electron chi connectivity index (χ4n) is 2.54. The number of carbonyl (C=O) groups excluding carboxylic acids is 1. The zero-order valence-corrected chi connectivity index (χ0v) is 13.5. The van der Waals surface area contributed by atoms with Crippen molar-refractivity contribution >= 4 is 22.7 Å². The van der Waals surface area contributed by atoms with Gasteiger partial charge in [0.15, 0.2) is 0 Å². The number of aromatic nitrogens is 4. The number of phenolic OH excluding ortho intramolecular Hbond substituents is 1. The largest absolute Gasteiger partial charge is 0.508 e. The maximum Gasteiger partial charge on any atom is 0.378 e. The molecule has 0 unspecified atom stereocenters. The van der Waals surface area contributed by atoms with Gasteiger partial charge in [0, 0.05) is 35.0 Å². The van der Waals surface area contributed by atoms with Crippen LogP contribution in [-0.4, -0.2) is 30.7 Å². The predicted molar refractivity (Wildman–Crippen MR) is 88.8 cm³/mol.